The third-order valence-electron chi connectivity index (χ3n) is 2.97. The minimum atomic E-state index is 0.636. The van der Waals surface area contributed by atoms with Crippen LogP contribution in [0.1, 0.15) is 19.3 Å². The summed E-state index contributed by atoms with van der Waals surface area (Å²) in [6.07, 6.45) is 4.18. The molecule has 1 nitrogen and oxygen atoms in total. The van der Waals surface area contributed by atoms with E-state index in [0.29, 0.717) is 6.04 Å². The number of benzene rings is 1. The molecule has 0 heterocycles. The Bertz CT molecular complexity index is 338. The first-order valence-electron chi connectivity index (χ1n) is 5.83. The van der Waals surface area contributed by atoms with Gasteiger partial charge in [-0.05, 0) is 37.6 Å². The molecule has 1 aliphatic carbocycles. The zero-order valence-electron chi connectivity index (χ0n) is 9.58. The van der Waals surface area contributed by atoms with Crippen molar-refractivity contribution in [2.75, 3.05) is 12.8 Å². The van der Waals surface area contributed by atoms with Crippen molar-refractivity contribution < 1.29 is 0 Å². The van der Waals surface area contributed by atoms with E-state index < -0.39 is 0 Å². The SMILES string of the molecule is CNC(CSc1cccc(Cl)c1)CC1CC1. The van der Waals surface area contributed by atoms with Gasteiger partial charge in [0.15, 0.2) is 0 Å². The maximum Gasteiger partial charge on any atom is 0.0417 e. The summed E-state index contributed by atoms with van der Waals surface area (Å²) in [4.78, 5) is 1.27. The Labute approximate surface area is 107 Å². The number of halogens is 1. The number of hydrogen-bond donors (Lipinski definition) is 1. The van der Waals surface area contributed by atoms with Crippen molar-refractivity contribution in [3.05, 3.63) is 29.3 Å². The minimum absolute atomic E-state index is 0.636. The molecular weight excluding hydrogens is 238 g/mol. The quantitative estimate of drug-likeness (QED) is 0.776. The van der Waals surface area contributed by atoms with Gasteiger partial charge in [0.05, 0.1) is 0 Å². The number of rotatable bonds is 6. The maximum atomic E-state index is 5.96. The predicted octanol–water partition coefficient (Wildman–Crippen LogP) is 3.82. The van der Waals surface area contributed by atoms with Crippen molar-refractivity contribution in [1.82, 2.24) is 5.32 Å². The molecule has 0 bridgehead atoms. The van der Waals surface area contributed by atoms with Crippen LogP contribution in [0.5, 0.6) is 0 Å². The Balaban J connectivity index is 1.80. The molecule has 16 heavy (non-hydrogen) atoms. The molecule has 0 amide bonds. The Morgan fingerprint density at radius 1 is 1.50 bits per heavy atom. The van der Waals surface area contributed by atoms with E-state index in [4.69, 9.17) is 11.6 Å². The molecule has 1 aromatic carbocycles. The summed E-state index contributed by atoms with van der Waals surface area (Å²) < 4.78 is 0. The monoisotopic (exact) mass is 255 g/mol. The van der Waals surface area contributed by atoms with Gasteiger partial charge in [-0.15, -0.1) is 11.8 Å². The van der Waals surface area contributed by atoms with Gasteiger partial charge in [0, 0.05) is 21.7 Å². The third-order valence-corrected chi connectivity index (χ3v) is 4.36. The molecule has 88 valence electrons. The van der Waals surface area contributed by atoms with Gasteiger partial charge in [-0.1, -0.05) is 30.5 Å². The first kappa shape index (κ1) is 12.3. The number of thioether (sulfide) groups is 1. The first-order chi connectivity index (χ1) is 7.78. The highest BCUT2D eigenvalue weighted by Gasteiger charge is 2.24. The molecule has 1 N–H and O–H groups in total. The van der Waals surface area contributed by atoms with Crippen LogP contribution in [-0.4, -0.2) is 18.8 Å². The molecule has 1 aromatic rings. The van der Waals surface area contributed by atoms with Crippen LogP contribution in [0, 0.1) is 5.92 Å². The van der Waals surface area contributed by atoms with E-state index in [1.165, 1.54) is 24.2 Å². The van der Waals surface area contributed by atoms with Crippen LogP contribution in [0.4, 0.5) is 0 Å². The average Bonchev–Trinajstić information content (AvgIpc) is 3.08. The Kier molecular flexibility index (Phi) is 4.56. The van der Waals surface area contributed by atoms with Crippen LogP contribution < -0.4 is 5.32 Å². The van der Waals surface area contributed by atoms with Crippen molar-refractivity contribution in [3.63, 3.8) is 0 Å². The number of hydrogen-bond acceptors (Lipinski definition) is 2. The van der Waals surface area contributed by atoms with Gasteiger partial charge in [-0.2, -0.15) is 0 Å². The van der Waals surface area contributed by atoms with E-state index in [-0.39, 0.29) is 0 Å². The molecule has 1 saturated carbocycles. The normalized spacial score (nSPS) is 17.4. The molecule has 1 fully saturated rings. The van der Waals surface area contributed by atoms with Gasteiger partial charge >= 0.3 is 0 Å². The predicted molar refractivity (Wildman–Crippen MR) is 72.4 cm³/mol. The molecule has 0 spiro atoms. The lowest BCUT2D eigenvalue weighted by molar-refractivity contribution is 0.536. The summed E-state index contributed by atoms with van der Waals surface area (Å²) in [5.74, 6) is 2.12. The molecule has 2 rings (SSSR count). The third kappa shape index (κ3) is 4.00. The standard InChI is InChI=1S/C13H18ClNS/c1-15-12(7-10-5-6-10)9-16-13-4-2-3-11(14)8-13/h2-4,8,10,12,15H,5-7,9H2,1H3. The second-order valence-electron chi connectivity index (χ2n) is 4.43. The average molecular weight is 256 g/mol. The first-order valence-corrected chi connectivity index (χ1v) is 7.20. The molecular formula is C13H18ClNS. The molecule has 1 unspecified atom stereocenters. The molecule has 1 aliphatic rings. The van der Waals surface area contributed by atoms with Gasteiger partial charge in [-0.25, -0.2) is 0 Å². The summed E-state index contributed by atoms with van der Waals surface area (Å²) >= 11 is 7.85. The molecule has 0 aliphatic heterocycles. The Morgan fingerprint density at radius 2 is 2.31 bits per heavy atom. The largest absolute Gasteiger partial charge is 0.316 e. The van der Waals surface area contributed by atoms with E-state index >= 15 is 0 Å². The van der Waals surface area contributed by atoms with Crippen molar-refractivity contribution in [3.8, 4) is 0 Å². The van der Waals surface area contributed by atoms with Crippen LogP contribution in [0.2, 0.25) is 5.02 Å². The summed E-state index contributed by atoms with van der Waals surface area (Å²) in [7, 11) is 2.06. The summed E-state index contributed by atoms with van der Waals surface area (Å²) in [6.45, 7) is 0. The van der Waals surface area contributed by atoms with Crippen molar-refractivity contribution in [2.24, 2.45) is 5.92 Å². The zero-order chi connectivity index (χ0) is 11.4. The summed E-state index contributed by atoms with van der Waals surface area (Å²) in [6, 6.07) is 8.73. The highest BCUT2D eigenvalue weighted by Crippen LogP contribution is 2.34. The van der Waals surface area contributed by atoms with E-state index in [0.717, 1.165) is 16.7 Å². The van der Waals surface area contributed by atoms with Crippen molar-refractivity contribution >= 4 is 23.4 Å². The van der Waals surface area contributed by atoms with E-state index in [1.807, 2.05) is 30.0 Å². The fourth-order valence-corrected chi connectivity index (χ4v) is 3.12. The highest BCUT2D eigenvalue weighted by molar-refractivity contribution is 7.99. The summed E-state index contributed by atoms with van der Waals surface area (Å²) in [5.41, 5.74) is 0. The van der Waals surface area contributed by atoms with E-state index in [1.54, 1.807) is 0 Å². The fraction of sp³-hybridized carbons (Fsp3) is 0.538. The smallest absolute Gasteiger partial charge is 0.0417 e. The van der Waals surface area contributed by atoms with Crippen molar-refractivity contribution in [2.45, 2.75) is 30.2 Å². The van der Waals surface area contributed by atoms with E-state index in [9.17, 15) is 0 Å². The lowest BCUT2D eigenvalue weighted by atomic mass is 10.2. The molecule has 0 radical (unpaired) electrons. The second-order valence-corrected chi connectivity index (χ2v) is 5.96. The molecule has 3 heteroatoms. The van der Waals surface area contributed by atoms with Gasteiger partial charge in [-0.3, -0.25) is 0 Å². The zero-order valence-corrected chi connectivity index (χ0v) is 11.2. The highest BCUT2D eigenvalue weighted by atomic mass is 35.5. The van der Waals surface area contributed by atoms with Gasteiger partial charge < -0.3 is 5.32 Å². The van der Waals surface area contributed by atoms with Crippen LogP contribution in [0.3, 0.4) is 0 Å². The molecule has 0 saturated heterocycles. The van der Waals surface area contributed by atoms with E-state index in [2.05, 4.69) is 18.4 Å². The topological polar surface area (TPSA) is 12.0 Å². The van der Waals surface area contributed by atoms with Gasteiger partial charge in [0.25, 0.3) is 0 Å². The Hall–Kier alpha value is -0.180. The lowest BCUT2D eigenvalue weighted by Gasteiger charge is -2.15. The van der Waals surface area contributed by atoms with Crippen LogP contribution >= 0.6 is 23.4 Å². The lowest BCUT2D eigenvalue weighted by Crippen LogP contribution is -2.28. The Morgan fingerprint density at radius 3 is 2.94 bits per heavy atom. The summed E-state index contributed by atoms with van der Waals surface area (Å²) in [5, 5.41) is 4.23. The van der Waals surface area contributed by atoms with Gasteiger partial charge in [0.1, 0.15) is 0 Å². The van der Waals surface area contributed by atoms with Crippen LogP contribution in [-0.2, 0) is 0 Å². The van der Waals surface area contributed by atoms with Gasteiger partial charge in [0.2, 0.25) is 0 Å². The number of nitrogens with one attached hydrogen (secondary N) is 1. The fourth-order valence-electron chi connectivity index (χ4n) is 1.78. The van der Waals surface area contributed by atoms with Crippen molar-refractivity contribution in [1.29, 1.82) is 0 Å². The van der Waals surface area contributed by atoms with Crippen LogP contribution in [0.25, 0.3) is 0 Å². The molecule has 0 aromatic heterocycles. The second kappa shape index (κ2) is 5.95. The molecule has 1 atom stereocenters. The van der Waals surface area contributed by atoms with Crippen LogP contribution in [0.15, 0.2) is 29.2 Å². The maximum absolute atomic E-state index is 5.96. The minimum Gasteiger partial charge on any atom is -0.316 e.